The van der Waals surface area contributed by atoms with Gasteiger partial charge in [-0.3, -0.25) is 5.32 Å². The highest BCUT2D eigenvalue weighted by atomic mass is 15.0. The maximum atomic E-state index is 5.53. The van der Waals surface area contributed by atoms with Crippen molar-refractivity contribution in [3.05, 3.63) is 11.4 Å². The van der Waals surface area contributed by atoms with Crippen LogP contribution in [0.3, 0.4) is 0 Å². The summed E-state index contributed by atoms with van der Waals surface area (Å²) in [6, 6.07) is 0. The second-order valence-corrected chi connectivity index (χ2v) is 2.33. The SMILES string of the molecule is C[N]c1nc(C)c(C)nc1N. The maximum Gasteiger partial charge on any atom is 0.190 e. The van der Waals surface area contributed by atoms with Crippen LogP contribution in [0.5, 0.6) is 0 Å². The summed E-state index contributed by atoms with van der Waals surface area (Å²) in [5.41, 5.74) is 7.26. The van der Waals surface area contributed by atoms with Gasteiger partial charge in [-0.1, -0.05) is 0 Å². The molecule has 4 heteroatoms. The molecule has 0 bridgehead atoms. The van der Waals surface area contributed by atoms with E-state index in [0.29, 0.717) is 11.6 Å². The van der Waals surface area contributed by atoms with E-state index in [-0.39, 0.29) is 0 Å². The molecular formula is C7H11N4. The Labute approximate surface area is 65.9 Å². The summed E-state index contributed by atoms with van der Waals surface area (Å²) < 4.78 is 0. The molecule has 0 saturated carbocycles. The fourth-order valence-electron chi connectivity index (χ4n) is 0.773. The first kappa shape index (κ1) is 7.78. The number of aromatic nitrogens is 2. The zero-order chi connectivity index (χ0) is 8.43. The summed E-state index contributed by atoms with van der Waals surface area (Å²) in [6.45, 7) is 3.76. The van der Waals surface area contributed by atoms with Crippen LogP contribution in [0.15, 0.2) is 0 Å². The number of nitrogen functional groups attached to an aromatic ring is 1. The summed E-state index contributed by atoms with van der Waals surface area (Å²) in [5, 5.41) is 3.87. The monoisotopic (exact) mass is 151 g/mol. The molecule has 4 nitrogen and oxygen atoms in total. The van der Waals surface area contributed by atoms with Gasteiger partial charge in [-0.2, -0.15) is 0 Å². The summed E-state index contributed by atoms with van der Waals surface area (Å²) in [6.07, 6.45) is 0. The van der Waals surface area contributed by atoms with Crippen molar-refractivity contribution in [3.63, 3.8) is 0 Å². The van der Waals surface area contributed by atoms with Crippen LogP contribution in [-0.2, 0) is 0 Å². The summed E-state index contributed by atoms with van der Waals surface area (Å²) >= 11 is 0. The summed E-state index contributed by atoms with van der Waals surface area (Å²) in [4.78, 5) is 8.20. The molecule has 0 unspecified atom stereocenters. The molecule has 1 aromatic heterocycles. The molecule has 0 aliphatic carbocycles. The average Bonchev–Trinajstić information content (AvgIpc) is 1.97. The number of nitrogens with zero attached hydrogens (tertiary/aromatic N) is 3. The molecular weight excluding hydrogens is 140 g/mol. The molecule has 11 heavy (non-hydrogen) atoms. The van der Waals surface area contributed by atoms with E-state index in [1.807, 2.05) is 13.8 Å². The first-order valence-electron chi connectivity index (χ1n) is 3.35. The van der Waals surface area contributed by atoms with Gasteiger partial charge in [0.2, 0.25) is 0 Å². The number of aryl methyl sites for hydroxylation is 2. The van der Waals surface area contributed by atoms with Gasteiger partial charge in [-0.25, -0.2) is 9.97 Å². The van der Waals surface area contributed by atoms with Gasteiger partial charge in [-0.15, -0.1) is 0 Å². The Morgan fingerprint density at radius 3 is 2.27 bits per heavy atom. The first-order valence-corrected chi connectivity index (χ1v) is 3.35. The third kappa shape index (κ3) is 1.39. The molecule has 59 valence electrons. The third-order valence-electron chi connectivity index (χ3n) is 1.53. The Morgan fingerprint density at radius 1 is 1.18 bits per heavy atom. The number of rotatable bonds is 1. The quantitative estimate of drug-likeness (QED) is 0.637. The fourth-order valence-corrected chi connectivity index (χ4v) is 0.773. The van der Waals surface area contributed by atoms with E-state index in [4.69, 9.17) is 5.73 Å². The second kappa shape index (κ2) is 2.74. The lowest BCUT2D eigenvalue weighted by molar-refractivity contribution is 0.960. The molecule has 1 rings (SSSR count). The number of nitrogens with two attached hydrogens (primary N) is 1. The Hall–Kier alpha value is -1.32. The highest BCUT2D eigenvalue weighted by molar-refractivity contribution is 5.51. The van der Waals surface area contributed by atoms with Crippen LogP contribution in [-0.4, -0.2) is 17.0 Å². The Balaban J connectivity index is 3.21. The van der Waals surface area contributed by atoms with E-state index in [2.05, 4.69) is 15.3 Å². The minimum atomic E-state index is 0.399. The smallest absolute Gasteiger partial charge is 0.190 e. The van der Waals surface area contributed by atoms with Crippen molar-refractivity contribution in [3.8, 4) is 0 Å². The molecule has 0 saturated heterocycles. The van der Waals surface area contributed by atoms with Gasteiger partial charge in [0.25, 0.3) is 0 Å². The van der Waals surface area contributed by atoms with Crippen molar-refractivity contribution < 1.29 is 0 Å². The second-order valence-electron chi connectivity index (χ2n) is 2.33. The van der Waals surface area contributed by atoms with Crippen LogP contribution >= 0.6 is 0 Å². The zero-order valence-corrected chi connectivity index (χ0v) is 6.92. The average molecular weight is 151 g/mol. The molecule has 1 aromatic rings. The van der Waals surface area contributed by atoms with Crippen molar-refractivity contribution >= 4 is 11.6 Å². The molecule has 1 heterocycles. The lowest BCUT2D eigenvalue weighted by atomic mass is 10.3. The van der Waals surface area contributed by atoms with Crippen LogP contribution < -0.4 is 11.1 Å². The van der Waals surface area contributed by atoms with E-state index in [0.717, 1.165) is 11.4 Å². The van der Waals surface area contributed by atoms with E-state index in [1.165, 1.54) is 0 Å². The van der Waals surface area contributed by atoms with Crippen LogP contribution in [0.1, 0.15) is 11.4 Å². The van der Waals surface area contributed by atoms with Gasteiger partial charge >= 0.3 is 0 Å². The molecule has 0 aliphatic rings. The van der Waals surface area contributed by atoms with Crippen molar-refractivity contribution in [1.29, 1.82) is 0 Å². The largest absolute Gasteiger partial charge is 0.381 e. The van der Waals surface area contributed by atoms with Gasteiger partial charge in [-0.05, 0) is 13.8 Å². The van der Waals surface area contributed by atoms with Crippen LogP contribution in [0, 0.1) is 13.8 Å². The summed E-state index contributed by atoms with van der Waals surface area (Å²) in [7, 11) is 1.65. The fraction of sp³-hybridized carbons (Fsp3) is 0.429. The maximum absolute atomic E-state index is 5.53. The first-order chi connectivity index (χ1) is 5.15. The van der Waals surface area contributed by atoms with Crippen molar-refractivity contribution in [2.24, 2.45) is 0 Å². The summed E-state index contributed by atoms with van der Waals surface area (Å²) in [5.74, 6) is 0.920. The lowest BCUT2D eigenvalue weighted by Crippen LogP contribution is -2.04. The molecule has 1 radical (unpaired) electrons. The van der Waals surface area contributed by atoms with Crippen LogP contribution in [0.25, 0.3) is 0 Å². The standard InChI is InChI=1S/C7H11N4/c1-4-5(2)11-7(9-3)6(8)10-4/h1-3H3,(H2,8,10). The van der Waals surface area contributed by atoms with Gasteiger partial charge < -0.3 is 5.73 Å². The molecule has 0 spiro atoms. The molecule has 0 aliphatic heterocycles. The van der Waals surface area contributed by atoms with E-state index >= 15 is 0 Å². The Bertz CT molecular complexity index is 269. The molecule has 2 N–H and O–H groups in total. The Morgan fingerprint density at radius 2 is 1.73 bits per heavy atom. The Kier molecular flexibility index (Phi) is 1.94. The predicted molar refractivity (Wildman–Crippen MR) is 43.6 cm³/mol. The number of anilines is 1. The van der Waals surface area contributed by atoms with Gasteiger partial charge in [0.05, 0.1) is 11.4 Å². The molecule has 0 aromatic carbocycles. The highest BCUT2D eigenvalue weighted by Crippen LogP contribution is 2.13. The lowest BCUT2D eigenvalue weighted by Gasteiger charge is -2.03. The van der Waals surface area contributed by atoms with Crippen molar-refractivity contribution in [1.82, 2.24) is 15.3 Å². The molecule has 0 atom stereocenters. The molecule has 0 fully saturated rings. The van der Waals surface area contributed by atoms with E-state index < -0.39 is 0 Å². The minimum absolute atomic E-state index is 0.399. The number of hydrogen-bond acceptors (Lipinski definition) is 3. The predicted octanol–water partition coefficient (Wildman–Crippen LogP) is 0.541. The zero-order valence-electron chi connectivity index (χ0n) is 6.92. The van der Waals surface area contributed by atoms with Crippen molar-refractivity contribution in [2.45, 2.75) is 13.8 Å². The number of hydrogen-bond donors (Lipinski definition) is 1. The van der Waals surface area contributed by atoms with E-state index in [1.54, 1.807) is 7.05 Å². The van der Waals surface area contributed by atoms with Crippen LogP contribution in [0.2, 0.25) is 0 Å². The van der Waals surface area contributed by atoms with E-state index in [9.17, 15) is 0 Å². The van der Waals surface area contributed by atoms with Crippen LogP contribution in [0.4, 0.5) is 11.6 Å². The minimum Gasteiger partial charge on any atom is -0.381 e. The van der Waals surface area contributed by atoms with Gasteiger partial charge in [0.1, 0.15) is 0 Å². The highest BCUT2D eigenvalue weighted by Gasteiger charge is 2.03. The van der Waals surface area contributed by atoms with Gasteiger partial charge in [0, 0.05) is 7.05 Å². The molecule has 0 amide bonds. The van der Waals surface area contributed by atoms with Gasteiger partial charge in [0.15, 0.2) is 11.6 Å². The van der Waals surface area contributed by atoms with Crippen molar-refractivity contribution in [2.75, 3.05) is 12.8 Å². The normalized spacial score (nSPS) is 9.73. The topological polar surface area (TPSA) is 65.9 Å². The third-order valence-corrected chi connectivity index (χ3v) is 1.53.